The lowest BCUT2D eigenvalue weighted by molar-refractivity contribution is 0.0600. The van der Waals surface area contributed by atoms with Gasteiger partial charge in [0.05, 0.1) is 19.3 Å². The second-order valence-corrected chi connectivity index (χ2v) is 10.1. The van der Waals surface area contributed by atoms with E-state index >= 15 is 0 Å². The van der Waals surface area contributed by atoms with Gasteiger partial charge in [0.25, 0.3) is 0 Å². The highest BCUT2D eigenvalue weighted by atomic mass is 16.5. The fraction of sp³-hybridized carbons (Fsp3) is 0.393. The molecule has 1 N–H and O–H groups in total. The molecule has 3 aromatic rings. The number of fused-ring (bicyclic) bond motifs is 1. The van der Waals surface area contributed by atoms with Gasteiger partial charge in [0.1, 0.15) is 0 Å². The van der Waals surface area contributed by atoms with Crippen LogP contribution in [0.3, 0.4) is 0 Å². The summed E-state index contributed by atoms with van der Waals surface area (Å²) in [5.74, 6) is -0.326. The molecule has 4 nitrogen and oxygen atoms in total. The maximum Gasteiger partial charge on any atom is 0.337 e. The van der Waals surface area contributed by atoms with Crippen LogP contribution in [-0.4, -0.2) is 25.2 Å². The molecule has 1 aromatic heterocycles. The van der Waals surface area contributed by atoms with Crippen molar-refractivity contribution in [1.29, 1.82) is 0 Å². The standard InChI is InChI=1S/C28H33NO3/c1-27(2)13-14-28(3,4)23-16-21(20(17-31-5)15-22(23)27)25-12-11-24(29-25)18-7-9-19(10-8-18)26(30)32-6/h7-12,15-16,29H,13-14,17H2,1-6H3. The van der Waals surface area contributed by atoms with Gasteiger partial charge in [0, 0.05) is 24.1 Å². The van der Waals surface area contributed by atoms with E-state index in [4.69, 9.17) is 9.47 Å². The number of carbonyl (C=O) groups is 1. The predicted octanol–water partition coefficient (Wildman–Crippen LogP) is 6.63. The van der Waals surface area contributed by atoms with Crippen LogP contribution in [0.5, 0.6) is 0 Å². The number of benzene rings is 2. The Bertz CT molecular complexity index is 1140. The smallest absolute Gasteiger partial charge is 0.337 e. The molecule has 0 saturated heterocycles. The fourth-order valence-corrected chi connectivity index (χ4v) is 4.81. The lowest BCUT2D eigenvalue weighted by Crippen LogP contribution is -2.34. The van der Waals surface area contributed by atoms with E-state index in [0.717, 1.165) is 17.0 Å². The summed E-state index contributed by atoms with van der Waals surface area (Å²) in [6.07, 6.45) is 2.37. The molecule has 168 valence electrons. The summed E-state index contributed by atoms with van der Waals surface area (Å²) in [5, 5.41) is 0. The highest BCUT2D eigenvalue weighted by Crippen LogP contribution is 2.47. The summed E-state index contributed by atoms with van der Waals surface area (Å²) in [6.45, 7) is 9.97. The van der Waals surface area contributed by atoms with Crippen LogP contribution in [0.25, 0.3) is 22.5 Å². The highest BCUT2D eigenvalue weighted by Gasteiger charge is 2.37. The van der Waals surface area contributed by atoms with Crippen molar-refractivity contribution in [3.8, 4) is 22.5 Å². The first kappa shape index (κ1) is 22.3. The van der Waals surface area contributed by atoms with Crippen LogP contribution in [-0.2, 0) is 26.9 Å². The number of hydrogen-bond acceptors (Lipinski definition) is 3. The van der Waals surface area contributed by atoms with Crippen molar-refractivity contribution in [2.45, 2.75) is 58.0 Å². The first-order chi connectivity index (χ1) is 15.2. The average Bonchev–Trinajstić information content (AvgIpc) is 3.26. The first-order valence-electron chi connectivity index (χ1n) is 11.2. The second kappa shape index (κ2) is 8.25. The van der Waals surface area contributed by atoms with Crippen LogP contribution in [0.1, 0.15) is 67.6 Å². The van der Waals surface area contributed by atoms with Crippen LogP contribution in [0.2, 0.25) is 0 Å². The number of H-pyrrole nitrogens is 1. The summed E-state index contributed by atoms with van der Waals surface area (Å²) < 4.78 is 10.4. The average molecular weight is 432 g/mol. The molecular formula is C28H33NO3. The summed E-state index contributed by atoms with van der Waals surface area (Å²) in [6, 6.07) is 16.4. The minimum absolute atomic E-state index is 0.143. The number of hydrogen-bond donors (Lipinski definition) is 1. The molecule has 1 heterocycles. The van der Waals surface area contributed by atoms with Crippen molar-refractivity contribution in [3.63, 3.8) is 0 Å². The van der Waals surface area contributed by atoms with Gasteiger partial charge in [-0.3, -0.25) is 0 Å². The molecule has 0 atom stereocenters. The summed E-state index contributed by atoms with van der Waals surface area (Å²) in [4.78, 5) is 15.3. The van der Waals surface area contributed by atoms with Gasteiger partial charge in [-0.05, 0) is 76.3 Å². The van der Waals surface area contributed by atoms with Crippen LogP contribution >= 0.6 is 0 Å². The molecule has 32 heavy (non-hydrogen) atoms. The van der Waals surface area contributed by atoms with E-state index in [1.54, 1.807) is 19.2 Å². The van der Waals surface area contributed by atoms with Gasteiger partial charge < -0.3 is 14.5 Å². The Kier molecular flexibility index (Phi) is 5.76. The molecule has 0 fully saturated rings. The maximum atomic E-state index is 11.7. The molecule has 2 aromatic carbocycles. The van der Waals surface area contributed by atoms with E-state index in [0.29, 0.717) is 12.2 Å². The number of aromatic amines is 1. The van der Waals surface area contributed by atoms with Crippen molar-refractivity contribution in [3.05, 3.63) is 70.8 Å². The van der Waals surface area contributed by atoms with Crippen molar-refractivity contribution in [1.82, 2.24) is 4.98 Å². The van der Waals surface area contributed by atoms with Crippen molar-refractivity contribution in [2.75, 3.05) is 14.2 Å². The quantitative estimate of drug-likeness (QED) is 0.461. The van der Waals surface area contributed by atoms with Gasteiger partial charge in [0.15, 0.2) is 0 Å². The van der Waals surface area contributed by atoms with Gasteiger partial charge in [0.2, 0.25) is 0 Å². The zero-order valence-electron chi connectivity index (χ0n) is 20.0. The molecule has 0 radical (unpaired) electrons. The molecule has 0 amide bonds. The van der Waals surface area contributed by atoms with E-state index < -0.39 is 0 Å². The molecule has 0 saturated carbocycles. The Morgan fingerprint density at radius 3 is 2.06 bits per heavy atom. The van der Waals surface area contributed by atoms with Crippen LogP contribution in [0.15, 0.2) is 48.5 Å². The largest absolute Gasteiger partial charge is 0.465 e. The van der Waals surface area contributed by atoms with Crippen LogP contribution < -0.4 is 0 Å². The predicted molar refractivity (Wildman–Crippen MR) is 129 cm³/mol. The molecule has 4 heteroatoms. The number of rotatable bonds is 5. The van der Waals surface area contributed by atoms with Gasteiger partial charge in [-0.15, -0.1) is 0 Å². The van der Waals surface area contributed by atoms with Gasteiger partial charge in [-0.2, -0.15) is 0 Å². The maximum absolute atomic E-state index is 11.7. The molecule has 4 rings (SSSR count). The Morgan fingerprint density at radius 1 is 0.875 bits per heavy atom. The number of ether oxygens (including phenoxy) is 2. The topological polar surface area (TPSA) is 51.3 Å². The lowest BCUT2D eigenvalue weighted by Gasteiger charge is -2.42. The molecular weight excluding hydrogens is 398 g/mol. The third-order valence-corrected chi connectivity index (χ3v) is 6.97. The number of carbonyl (C=O) groups excluding carboxylic acids is 1. The second-order valence-electron chi connectivity index (χ2n) is 10.1. The minimum Gasteiger partial charge on any atom is -0.465 e. The molecule has 0 spiro atoms. The van der Waals surface area contributed by atoms with E-state index in [1.165, 1.54) is 42.2 Å². The Labute approximate surface area is 191 Å². The molecule has 0 unspecified atom stereocenters. The Balaban J connectivity index is 1.77. The summed E-state index contributed by atoms with van der Waals surface area (Å²) in [7, 11) is 3.15. The molecule has 0 bridgehead atoms. The zero-order valence-corrected chi connectivity index (χ0v) is 20.0. The van der Waals surface area contributed by atoms with Crippen molar-refractivity contribution < 1.29 is 14.3 Å². The van der Waals surface area contributed by atoms with Crippen molar-refractivity contribution >= 4 is 5.97 Å². The molecule has 0 aliphatic heterocycles. The van der Waals surface area contributed by atoms with E-state index in [9.17, 15) is 4.79 Å². The van der Waals surface area contributed by atoms with Gasteiger partial charge >= 0.3 is 5.97 Å². The third-order valence-electron chi connectivity index (χ3n) is 6.97. The Hall–Kier alpha value is -2.85. The van der Waals surface area contributed by atoms with Crippen LogP contribution in [0, 0.1) is 0 Å². The molecule has 1 aliphatic carbocycles. The molecule has 1 aliphatic rings. The normalized spacial score (nSPS) is 16.4. The van der Waals surface area contributed by atoms with Gasteiger partial charge in [-0.1, -0.05) is 45.9 Å². The van der Waals surface area contributed by atoms with E-state index in [1.807, 2.05) is 12.1 Å². The summed E-state index contributed by atoms with van der Waals surface area (Å²) in [5.41, 5.74) is 9.22. The lowest BCUT2D eigenvalue weighted by atomic mass is 9.62. The number of methoxy groups -OCH3 is 2. The van der Waals surface area contributed by atoms with E-state index in [-0.39, 0.29) is 16.8 Å². The van der Waals surface area contributed by atoms with E-state index in [2.05, 4.69) is 56.9 Å². The minimum atomic E-state index is -0.326. The summed E-state index contributed by atoms with van der Waals surface area (Å²) >= 11 is 0. The number of aromatic nitrogens is 1. The third kappa shape index (κ3) is 4.00. The van der Waals surface area contributed by atoms with Crippen LogP contribution in [0.4, 0.5) is 0 Å². The zero-order chi connectivity index (χ0) is 23.1. The van der Waals surface area contributed by atoms with Crippen molar-refractivity contribution in [2.24, 2.45) is 0 Å². The number of nitrogens with one attached hydrogen (secondary N) is 1. The first-order valence-corrected chi connectivity index (χ1v) is 11.2. The highest BCUT2D eigenvalue weighted by molar-refractivity contribution is 5.90. The fourth-order valence-electron chi connectivity index (χ4n) is 4.81. The number of esters is 1. The monoisotopic (exact) mass is 431 g/mol. The Morgan fingerprint density at radius 2 is 1.47 bits per heavy atom. The SMILES string of the molecule is COCc1cc2c(cc1-c1ccc(-c3ccc(C(=O)OC)cc3)[nH]1)C(C)(C)CCC2(C)C. The van der Waals surface area contributed by atoms with Gasteiger partial charge in [-0.25, -0.2) is 4.79 Å².